The summed E-state index contributed by atoms with van der Waals surface area (Å²) in [7, 11) is 0. The van der Waals surface area contributed by atoms with E-state index in [0.29, 0.717) is 28.2 Å². The summed E-state index contributed by atoms with van der Waals surface area (Å²) in [4.78, 5) is 22.3. The number of fused-ring (bicyclic) bond motifs is 1. The van der Waals surface area contributed by atoms with Crippen molar-refractivity contribution in [1.29, 1.82) is 0 Å². The van der Waals surface area contributed by atoms with E-state index < -0.39 is 0 Å². The summed E-state index contributed by atoms with van der Waals surface area (Å²) in [6.07, 6.45) is 1.05. The Bertz CT molecular complexity index is 790. The van der Waals surface area contributed by atoms with E-state index in [4.69, 9.17) is 11.6 Å². The quantitative estimate of drug-likeness (QED) is 0.826. The first kappa shape index (κ1) is 18.2. The molecule has 1 fully saturated rings. The van der Waals surface area contributed by atoms with Gasteiger partial charge in [-0.05, 0) is 39.3 Å². The largest absolute Gasteiger partial charge is 0.336 e. The van der Waals surface area contributed by atoms with E-state index >= 15 is 0 Å². The number of pyridine rings is 1. The monoisotopic (exact) mass is 359 g/mol. The molecule has 1 aliphatic heterocycles. The summed E-state index contributed by atoms with van der Waals surface area (Å²) < 4.78 is 0. The second-order valence-electron chi connectivity index (χ2n) is 7.09. The molecule has 2 aromatic rings. The van der Waals surface area contributed by atoms with Gasteiger partial charge in [-0.2, -0.15) is 0 Å². The van der Waals surface area contributed by atoms with Crippen molar-refractivity contribution >= 4 is 28.4 Å². The number of rotatable bonds is 3. The molecule has 1 atom stereocenters. The van der Waals surface area contributed by atoms with Gasteiger partial charge in [0.1, 0.15) is 0 Å². The molecule has 0 N–H and O–H groups in total. The van der Waals surface area contributed by atoms with Crippen molar-refractivity contribution in [2.75, 3.05) is 19.6 Å². The maximum absolute atomic E-state index is 13.3. The van der Waals surface area contributed by atoms with Gasteiger partial charge in [0.2, 0.25) is 0 Å². The van der Waals surface area contributed by atoms with Gasteiger partial charge in [-0.25, -0.2) is 0 Å². The van der Waals surface area contributed by atoms with Crippen molar-refractivity contribution in [1.82, 2.24) is 14.8 Å². The summed E-state index contributed by atoms with van der Waals surface area (Å²) in [5.74, 6) is 0.0830. The van der Waals surface area contributed by atoms with Crippen LogP contribution in [0.5, 0.6) is 0 Å². The van der Waals surface area contributed by atoms with Crippen molar-refractivity contribution in [3.8, 4) is 0 Å². The van der Waals surface area contributed by atoms with Crippen LogP contribution < -0.4 is 0 Å². The molecule has 1 saturated heterocycles. The number of carbonyl (C=O) groups excluding carboxylic acids is 1. The highest BCUT2D eigenvalue weighted by Crippen LogP contribution is 2.27. The zero-order valence-corrected chi connectivity index (χ0v) is 16.2. The van der Waals surface area contributed by atoms with Gasteiger partial charge in [0.15, 0.2) is 0 Å². The SMILES string of the molecule is CCC1CN(C(=O)c2cc(C)nc3c(Cl)cccc23)CCN1C(C)C. The third kappa shape index (κ3) is 3.51. The predicted molar refractivity (Wildman–Crippen MR) is 103 cm³/mol. The molecule has 4 nitrogen and oxygen atoms in total. The van der Waals surface area contributed by atoms with Crippen molar-refractivity contribution in [3.63, 3.8) is 0 Å². The number of para-hydroxylation sites is 1. The Morgan fingerprint density at radius 3 is 2.80 bits per heavy atom. The van der Waals surface area contributed by atoms with Crippen LogP contribution in [0.3, 0.4) is 0 Å². The second kappa shape index (κ2) is 7.30. The van der Waals surface area contributed by atoms with Crippen molar-refractivity contribution in [2.24, 2.45) is 0 Å². The van der Waals surface area contributed by atoms with Crippen molar-refractivity contribution < 1.29 is 4.79 Å². The molecule has 0 spiro atoms. The van der Waals surface area contributed by atoms with Gasteiger partial charge < -0.3 is 4.90 Å². The van der Waals surface area contributed by atoms with Crippen LogP contribution in [0, 0.1) is 6.92 Å². The molecule has 0 radical (unpaired) electrons. The van der Waals surface area contributed by atoms with E-state index in [9.17, 15) is 4.79 Å². The molecule has 1 amide bonds. The van der Waals surface area contributed by atoms with Gasteiger partial charge in [0.25, 0.3) is 5.91 Å². The topological polar surface area (TPSA) is 36.4 Å². The average Bonchev–Trinajstić information content (AvgIpc) is 2.60. The highest BCUT2D eigenvalue weighted by Gasteiger charge is 2.31. The normalized spacial score (nSPS) is 19.0. The summed E-state index contributed by atoms with van der Waals surface area (Å²) >= 11 is 6.30. The fourth-order valence-electron chi connectivity index (χ4n) is 3.79. The molecule has 1 unspecified atom stereocenters. The first-order chi connectivity index (χ1) is 11.9. The zero-order chi connectivity index (χ0) is 18.1. The van der Waals surface area contributed by atoms with Gasteiger partial charge in [-0.3, -0.25) is 14.7 Å². The summed E-state index contributed by atoms with van der Waals surface area (Å²) in [5.41, 5.74) is 2.23. The number of carbonyl (C=O) groups is 1. The molecule has 134 valence electrons. The first-order valence-corrected chi connectivity index (χ1v) is 9.41. The van der Waals surface area contributed by atoms with Crippen LogP contribution in [0.2, 0.25) is 5.02 Å². The second-order valence-corrected chi connectivity index (χ2v) is 7.50. The molecular formula is C20H26ClN3O. The number of benzene rings is 1. The number of piperazine rings is 1. The number of halogens is 1. The Morgan fingerprint density at radius 2 is 2.12 bits per heavy atom. The number of aryl methyl sites for hydroxylation is 1. The summed E-state index contributed by atoms with van der Waals surface area (Å²) in [6.45, 7) is 11.0. The highest BCUT2D eigenvalue weighted by atomic mass is 35.5. The van der Waals surface area contributed by atoms with E-state index in [2.05, 4.69) is 30.7 Å². The molecule has 0 saturated carbocycles. The predicted octanol–water partition coefficient (Wildman–Crippen LogP) is 4.14. The van der Waals surface area contributed by atoms with E-state index in [1.165, 1.54) is 0 Å². The third-order valence-electron chi connectivity index (χ3n) is 5.10. The smallest absolute Gasteiger partial charge is 0.254 e. The Kier molecular flexibility index (Phi) is 5.30. The fourth-order valence-corrected chi connectivity index (χ4v) is 4.00. The van der Waals surface area contributed by atoms with Crippen LogP contribution in [-0.2, 0) is 0 Å². The third-order valence-corrected chi connectivity index (χ3v) is 5.40. The highest BCUT2D eigenvalue weighted by molar-refractivity contribution is 6.35. The Hall–Kier alpha value is -1.65. The van der Waals surface area contributed by atoms with E-state index in [-0.39, 0.29) is 5.91 Å². The van der Waals surface area contributed by atoms with Crippen LogP contribution >= 0.6 is 11.6 Å². The van der Waals surface area contributed by atoms with Crippen LogP contribution in [0.1, 0.15) is 43.2 Å². The van der Waals surface area contributed by atoms with Gasteiger partial charge in [0, 0.05) is 42.8 Å². The minimum atomic E-state index is 0.0830. The summed E-state index contributed by atoms with van der Waals surface area (Å²) in [6, 6.07) is 8.43. The molecule has 5 heteroatoms. The van der Waals surface area contributed by atoms with E-state index in [1.807, 2.05) is 36.1 Å². The van der Waals surface area contributed by atoms with Gasteiger partial charge in [-0.15, -0.1) is 0 Å². The van der Waals surface area contributed by atoms with Crippen molar-refractivity contribution in [3.05, 3.63) is 40.5 Å². The number of amides is 1. The number of aromatic nitrogens is 1. The lowest BCUT2D eigenvalue weighted by Gasteiger charge is -2.43. The average molecular weight is 360 g/mol. The molecule has 0 bridgehead atoms. The molecule has 2 heterocycles. The van der Waals surface area contributed by atoms with Gasteiger partial charge in [0.05, 0.1) is 16.1 Å². The Balaban J connectivity index is 1.94. The standard InChI is InChI=1S/C20H26ClN3O/c1-5-15-12-23(9-10-24(15)13(2)3)20(25)17-11-14(4)22-19-16(17)7-6-8-18(19)21/h6-8,11,13,15H,5,9-10,12H2,1-4H3. The van der Waals surface area contributed by atoms with Crippen LogP contribution in [0.4, 0.5) is 0 Å². The lowest BCUT2D eigenvalue weighted by atomic mass is 10.0. The Labute approximate surface area is 154 Å². The van der Waals surface area contributed by atoms with Gasteiger partial charge in [-0.1, -0.05) is 30.7 Å². The maximum atomic E-state index is 13.3. The minimum Gasteiger partial charge on any atom is -0.336 e. The molecule has 3 rings (SSSR count). The minimum absolute atomic E-state index is 0.0830. The molecular weight excluding hydrogens is 334 g/mol. The molecule has 1 aromatic heterocycles. The molecule has 1 aromatic carbocycles. The van der Waals surface area contributed by atoms with Gasteiger partial charge >= 0.3 is 0 Å². The lowest BCUT2D eigenvalue weighted by molar-refractivity contribution is 0.0373. The first-order valence-electron chi connectivity index (χ1n) is 9.03. The maximum Gasteiger partial charge on any atom is 0.254 e. The number of hydrogen-bond acceptors (Lipinski definition) is 3. The zero-order valence-electron chi connectivity index (χ0n) is 15.4. The molecule has 0 aliphatic carbocycles. The number of nitrogens with zero attached hydrogens (tertiary/aromatic N) is 3. The fraction of sp³-hybridized carbons (Fsp3) is 0.500. The van der Waals surface area contributed by atoms with Crippen LogP contribution in [0.25, 0.3) is 10.9 Å². The van der Waals surface area contributed by atoms with Crippen LogP contribution in [-0.4, -0.2) is 52.4 Å². The molecule has 1 aliphatic rings. The Morgan fingerprint density at radius 1 is 1.36 bits per heavy atom. The van der Waals surface area contributed by atoms with Crippen LogP contribution in [0.15, 0.2) is 24.3 Å². The lowest BCUT2D eigenvalue weighted by Crippen LogP contribution is -2.56. The van der Waals surface area contributed by atoms with E-state index in [1.54, 1.807) is 0 Å². The molecule has 25 heavy (non-hydrogen) atoms. The summed E-state index contributed by atoms with van der Waals surface area (Å²) in [5, 5.41) is 1.42. The number of hydrogen-bond donors (Lipinski definition) is 0. The van der Waals surface area contributed by atoms with E-state index in [0.717, 1.165) is 37.1 Å². The van der Waals surface area contributed by atoms with Crippen molar-refractivity contribution in [2.45, 2.75) is 46.2 Å².